The predicted molar refractivity (Wildman–Crippen MR) is 108 cm³/mol. The average molecular weight is 396 g/mol. The molecule has 0 saturated heterocycles. The van der Waals surface area contributed by atoms with Crippen molar-refractivity contribution in [2.45, 2.75) is 51.3 Å². The molecule has 1 N–H and O–H groups in total. The SMILES string of the molecule is CCCOc1ccc(C(C)(C)C)cc1S(=O)(=O)Nc1ccc(C)c(Cl)c1. The molecule has 26 heavy (non-hydrogen) atoms. The molecule has 0 amide bonds. The zero-order chi connectivity index (χ0) is 19.5. The Bertz CT molecular complexity index is 886. The lowest BCUT2D eigenvalue weighted by Gasteiger charge is -2.21. The lowest BCUT2D eigenvalue weighted by molar-refractivity contribution is 0.309. The fourth-order valence-corrected chi connectivity index (χ4v) is 3.78. The van der Waals surface area contributed by atoms with Crippen molar-refractivity contribution in [1.82, 2.24) is 0 Å². The predicted octanol–water partition coefficient (Wildman–Crippen LogP) is 5.54. The van der Waals surface area contributed by atoms with Crippen molar-refractivity contribution in [2.75, 3.05) is 11.3 Å². The first-order valence-electron chi connectivity index (χ1n) is 8.61. The number of hydrogen-bond acceptors (Lipinski definition) is 3. The number of nitrogens with one attached hydrogen (secondary N) is 1. The molecule has 0 spiro atoms. The zero-order valence-electron chi connectivity index (χ0n) is 15.9. The molecule has 6 heteroatoms. The van der Waals surface area contributed by atoms with Gasteiger partial charge in [0.05, 0.1) is 12.3 Å². The van der Waals surface area contributed by atoms with E-state index in [0.717, 1.165) is 17.5 Å². The van der Waals surface area contributed by atoms with Crippen molar-refractivity contribution >= 4 is 27.3 Å². The standard InChI is InChI=1S/C20H26ClNO3S/c1-6-11-25-18-10-8-15(20(3,4)5)12-19(18)26(23,24)22-16-9-7-14(2)17(21)13-16/h7-10,12-13,22H,6,11H2,1-5H3. The van der Waals surface area contributed by atoms with Gasteiger partial charge in [-0.2, -0.15) is 0 Å². The van der Waals surface area contributed by atoms with Crippen LogP contribution in [0.15, 0.2) is 41.3 Å². The minimum absolute atomic E-state index is 0.134. The van der Waals surface area contributed by atoms with Crippen molar-refractivity contribution in [3.8, 4) is 5.75 Å². The summed E-state index contributed by atoms with van der Waals surface area (Å²) in [7, 11) is -3.82. The van der Waals surface area contributed by atoms with E-state index in [1.54, 1.807) is 30.3 Å². The van der Waals surface area contributed by atoms with E-state index in [4.69, 9.17) is 16.3 Å². The third kappa shape index (κ3) is 4.92. The molecule has 0 bridgehead atoms. The van der Waals surface area contributed by atoms with Crippen LogP contribution in [0.1, 0.15) is 45.2 Å². The van der Waals surface area contributed by atoms with Gasteiger partial charge in [0.15, 0.2) is 0 Å². The van der Waals surface area contributed by atoms with Crippen LogP contribution in [0.4, 0.5) is 5.69 Å². The lowest BCUT2D eigenvalue weighted by atomic mass is 9.87. The second-order valence-electron chi connectivity index (χ2n) is 7.33. The van der Waals surface area contributed by atoms with Crippen molar-refractivity contribution < 1.29 is 13.2 Å². The molecule has 0 fully saturated rings. The summed E-state index contributed by atoms with van der Waals surface area (Å²) in [5.41, 5.74) is 2.05. The van der Waals surface area contributed by atoms with Crippen LogP contribution in [0, 0.1) is 6.92 Å². The van der Waals surface area contributed by atoms with E-state index in [2.05, 4.69) is 4.72 Å². The Labute approximate surface area is 161 Å². The second-order valence-corrected chi connectivity index (χ2v) is 9.39. The summed E-state index contributed by atoms with van der Waals surface area (Å²) in [6, 6.07) is 10.4. The molecule has 2 aromatic rings. The fraction of sp³-hybridized carbons (Fsp3) is 0.400. The Morgan fingerprint density at radius 2 is 1.81 bits per heavy atom. The topological polar surface area (TPSA) is 55.4 Å². The molecule has 0 aliphatic carbocycles. The summed E-state index contributed by atoms with van der Waals surface area (Å²) < 4.78 is 34.3. The summed E-state index contributed by atoms with van der Waals surface area (Å²) in [5.74, 6) is 0.352. The first-order chi connectivity index (χ1) is 12.0. The Morgan fingerprint density at radius 1 is 1.12 bits per heavy atom. The Balaban J connectivity index is 2.48. The minimum Gasteiger partial charge on any atom is -0.492 e. The average Bonchev–Trinajstić information content (AvgIpc) is 2.55. The second kappa shape index (κ2) is 7.89. The van der Waals surface area contributed by atoms with Gasteiger partial charge < -0.3 is 4.74 Å². The molecule has 0 heterocycles. The molecular weight excluding hydrogens is 370 g/mol. The van der Waals surface area contributed by atoms with Gasteiger partial charge >= 0.3 is 0 Å². The molecule has 0 aliphatic rings. The maximum absolute atomic E-state index is 13.0. The van der Waals surface area contributed by atoms with E-state index in [0.29, 0.717) is 23.1 Å². The Kier molecular flexibility index (Phi) is 6.25. The number of benzene rings is 2. The van der Waals surface area contributed by atoms with Gasteiger partial charge in [0.2, 0.25) is 0 Å². The molecule has 4 nitrogen and oxygen atoms in total. The Hall–Kier alpha value is -1.72. The van der Waals surface area contributed by atoms with Gasteiger partial charge in [-0.15, -0.1) is 0 Å². The normalized spacial score (nSPS) is 12.1. The van der Waals surface area contributed by atoms with Crippen molar-refractivity contribution in [3.63, 3.8) is 0 Å². The highest BCUT2D eigenvalue weighted by molar-refractivity contribution is 7.92. The molecule has 0 aliphatic heterocycles. The summed E-state index contributed by atoms with van der Waals surface area (Å²) in [6.45, 7) is 10.4. The van der Waals surface area contributed by atoms with E-state index in [-0.39, 0.29) is 10.3 Å². The van der Waals surface area contributed by atoms with Crippen LogP contribution in [0.2, 0.25) is 5.02 Å². The van der Waals surface area contributed by atoms with Crippen LogP contribution in [0.25, 0.3) is 0 Å². The fourth-order valence-electron chi connectivity index (χ4n) is 2.38. The molecule has 0 radical (unpaired) electrons. The van der Waals surface area contributed by atoms with Crippen LogP contribution in [0.5, 0.6) is 5.75 Å². The third-order valence-electron chi connectivity index (χ3n) is 3.98. The number of halogens is 1. The highest BCUT2D eigenvalue weighted by Crippen LogP contribution is 2.32. The molecule has 0 aromatic heterocycles. The summed E-state index contributed by atoms with van der Waals surface area (Å²) in [5, 5.41) is 0.510. The number of hydrogen-bond donors (Lipinski definition) is 1. The molecule has 0 unspecified atom stereocenters. The number of sulfonamides is 1. The molecule has 142 valence electrons. The number of ether oxygens (including phenoxy) is 1. The van der Waals surface area contributed by atoms with Crippen LogP contribution >= 0.6 is 11.6 Å². The highest BCUT2D eigenvalue weighted by atomic mass is 35.5. The van der Waals surface area contributed by atoms with Crippen LogP contribution in [-0.2, 0) is 15.4 Å². The van der Waals surface area contributed by atoms with Crippen molar-refractivity contribution in [2.24, 2.45) is 0 Å². The summed E-state index contributed by atoms with van der Waals surface area (Å²) in [4.78, 5) is 0.134. The van der Waals surface area contributed by atoms with Crippen LogP contribution in [0.3, 0.4) is 0 Å². The lowest BCUT2D eigenvalue weighted by Crippen LogP contribution is -2.17. The van der Waals surface area contributed by atoms with Gasteiger partial charge in [0.1, 0.15) is 10.6 Å². The Morgan fingerprint density at radius 3 is 2.38 bits per heavy atom. The maximum Gasteiger partial charge on any atom is 0.265 e. The summed E-state index contributed by atoms with van der Waals surface area (Å²) >= 11 is 6.11. The van der Waals surface area contributed by atoms with E-state index in [9.17, 15) is 8.42 Å². The van der Waals surface area contributed by atoms with E-state index in [1.807, 2.05) is 40.7 Å². The number of aryl methyl sites for hydroxylation is 1. The number of rotatable bonds is 6. The van der Waals surface area contributed by atoms with Crippen LogP contribution < -0.4 is 9.46 Å². The smallest absolute Gasteiger partial charge is 0.265 e. The van der Waals surface area contributed by atoms with Gasteiger partial charge in [0, 0.05) is 5.02 Å². The van der Waals surface area contributed by atoms with Gasteiger partial charge in [0.25, 0.3) is 10.0 Å². The van der Waals surface area contributed by atoms with Gasteiger partial charge in [-0.3, -0.25) is 4.72 Å². The first kappa shape index (κ1) is 20.6. The highest BCUT2D eigenvalue weighted by Gasteiger charge is 2.24. The van der Waals surface area contributed by atoms with Crippen LogP contribution in [-0.4, -0.2) is 15.0 Å². The molecular formula is C20H26ClNO3S. The molecule has 2 aromatic carbocycles. The molecule has 2 rings (SSSR count). The maximum atomic E-state index is 13.0. The van der Waals surface area contributed by atoms with Crippen molar-refractivity contribution in [1.29, 1.82) is 0 Å². The largest absolute Gasteiger partial charge is 0.492 e. The van der Waals surface area contributed by atoms with E-state index >= 15 is 0 Å². The van der Waals surface area contributed by atoms with Gasteiger partial charge in [-0.05, 0) is 54.2 Å². The minimum atomic E-state index is -3.82. The van der Waals surface area contributed by atoms with Gasteiger partial charge in [-0.25, -0.2) is 8.42 Å². The number of anilines is 1. The van der Waals surface area contributed by atoms with E-state index in [1.165, 1.54) is 0 Å². The zero-order valence-corrected chi connectivity index (χ0v) is 17.5. The third-order valence-corrected chi connectivity index (χ3v) is 5.79. The quantitative estimate of drug-likeness (QED) is 0.698. The molecule has 0 atom stereocenters. The molecule has 0 saturated carbocycles. The summed E-state index contributed by atoms with van der Waals surface area (Å²) in [6.07, 6.45) is 0.793. The van der Waals surface area contributed by atoms with Crippen molar-refractivity contribution in [3.05, 3.63) is 52.5 Å². The van der Waals surface area contributed by atoms with E-state index < -0.39 is 10.0 Å². The monoisotopic (exact) mass is 395 g/mol. The van der Waals surface area contributed by atoms with Gasteiger partial charge in [-0.1, -0.05) is 51.4 Å². The first-order valence-corrected chi connectivity index (χ1v) is 10.5.